The fraction of sp³-hybridized carbons (Fsp3) is 0.821. The molecule has 0 amide bonds. The minimum atomic E-state index is -1.45. The van der Waals surface area contributed by atoms with Crippen molar-refractivity contribution in [2.75, 3.05) is 27.8 Å². The molecule has 16 atom stereocenters. The fourth-order valence-corrected chi connectivity index (χ4v) is 10.4. The number of hydrogen-bond acceptors (Lipinski definition) is 16. The number of aliphatic hydroxyl groups is 3. The van der Waals surface area contributed by atoms with Crippen molar-refractivity contribution in [1.82, 2.24) is 0 Å². The van der Waals surface area contributed by atoms with E-state index < -0.39 is 77.8 Å². The number of aliphatic hydroxyl groups excluding tert-OH is 3. The molecule has 0 aromatic heterocycles. The van der Waals surface area contributed by atoms with Crippen molar-refractivity contribution < 1.29 is 82.1 Å². The first-order valence-electron chi connectivity index (χ1n) is 26.9. The van der Waals surface area contributed by atoms with Crippen molar-refractivity contribution in [3.63, 3.8) is 0 Å². The van der Waals surface area contributed by atoms with Gasteiger partial charge in [-0.15, -0.1) is 0 Å². The third-order valence-corrected chi connectivity index (χ3v) is 14.7. The second-order valence-electron chi connectivity index (χ2n) is 21.9. The number of carboxylic acids is 1. The number of carbonyl (C=O) groups is 2. The summed E-state index contributed by atoms with van der Waals surface area (Å²) in [4.78, 5) is 26.2. The standard InChI is InChI=1S/C56H94O17/c1-37-29-31-47(68-55(37)49(51(60)61)70-53(7,8)72-55)41(5)45(58)33-43(65-35-63-11)28-24-20-16-14-18-22-26-40(4)67-52(62)50-56(73-54(9,10)71-50)38(2)30-32-48(69-56)42(6)46(59)34-44(66-36-64-12)27-23-19-15-13-17-21-25-39(3)57/h13-20,37-50,57-59H,21-36H2,1-12H3,(H,60,61)/b17-13-,18-14-,19-15+,20-16+/t37-,38?,39+,40+,41-,42-,43+,44+,45?,46?,47+,48+,49?,50?,55+,56+/m1/s1. The molecular formula is C56H94O17. The molecule has 4 aliphatic heterocycles. The molecule has 0 aromatic rings. The van der Waals surface area contributed by atoms with Crippen LogP contribution in [0.5, 0.6) is 0 Å². The average molecular weight is 1040 g/mol. The van der Waals surface area contributed by atoms with E-state index in [1.54, 1.807) is 48.8 Å². The Morgan fingerprint density at radius 1 is 0.589 bits per heavy atom. The van der Waals surface area contributed by atoms with E-state index in [9.17, 15) is 30.0 Å². The molecule has 0 bridgehead atoms. The molecule has 4 fully saturated rings. The Bertz CT molecular complexity index is 1760. The number of carbonyl (C=O) groups excluding carboxylic acids is 1. The summed E-state index contributed by atoms with van der Waals surface area (Å²) in [7, 11) is 3.12. The number of rotatable bonds is 31. The van der Waals surface area contributed by atoms with Crippen molar-refractivity contribution in [3.8, 4) is 0 Å². The molecule has 0 radical (unpaired) electrons. The van der Waals surface area contributed by atoms with Gasteiger partial charge in [-0.2, -0.15) is 0 Å². The quantitative estimate of drug-likeness (QED) is 0.0290. The Balaban J connectivity index is 1.25. The molecule has 0 aromatic carbocycles. The maximum Gasteiger partial charge on any atom is 0.341 e. The lowest BCUT2D eigenvalue weighted by molar-refractivity contribution is -0.321. The number of carboxylic acid groups (broad SMARTS) is 1. The molecule has 0 aliphatic carbocycles. The summed E-state index contributed by atoms with van der Waals surface area (Å²) in [6.07, 6.45) is 18.8. The minimum absolute atomic E-state index is 0.0761. The van der Waals surface area contributed by atoms with E-state index in [-0.39, 0.29) is 55.6 Å². The summed E-state index contributed by atoms with van der Waals surface area (Å²) in [5.74, 6) is -7.87. The maximum atomic E-state index is 14.0. The maximum absolute atomic E-state index is 14.0. The fourth-order valence-electron chi connectivity index (χ4n) is 10.4. The third kappa shape index (κ3) is 18.8. The van der Waals surface area contributed by atoms with Crippen LogP contribution < -0.4 is 0 Å². The van der Waals surface area contributed by atoms with Gasteiger partial charge in [0.1, 0.15) is 13.6 Å². The van der Waals surface area contributed by atoms with Crippen LogP contribution in [0.2, 0.25) is 0 Å². The Morgan fingerprint density at radius 2 is 0.986 bits per heavy atom. The van der Waals surface area contributed by atoms with E-state index in [0.29, 0.717) is 70.6 Å². The van der Waals surface area contributed by atoms with Gasteiger partial charge in [0, 0.05) is 37.9 Å². The molecular weight excluding hydrogens is 945 g/mol. The lowest BCUT2D eigenvalue weighted by Crippen LogP contribution is -2.58. The molecule has 420 valence electrons. The van der Waals surface area contributed by atoms with Crippen LogP contribution in [-0.4, -0.2) is 144 Å². The zero-order chi connectivity index (χ0) is 54.0. The average Bonchev–Trinajstić information content (AvgIpc) is 3.77. The highest BCUT2D eigenvalue weighted by molar-refractivity contribution is 5.77. The van der Waals surface area contributed by atoms with Crippen molar-refractivity contribution in [1.29, 1.82) is 0 Å². The lowest BCUT2D eigenvalue weighted by atomic mass is 9.81. The van der Waals surface area contributed by atoms with E-state index in [1.165, 1.54) is 0 Å². The molecule has 4 rings (SSSR count). The number of hydrogen-bond donors (Lipinski definition) is 4. The van der Waals surface area contributed by atoms with E-state index in [1.807, 2.05) is 77.2 Å². The molecule has 17 heteroatoms. The van der Waals surface area contributed by atoms with Gasteiger partial charge in [0.05, 0.1) is 48.8 Å². The van der Waals surface area contributed by atoms with Gasteiger partial charge in [0.15, 0.2) is 11.6 Å². The number of allylic oxidation sites excluding steroid dienone is 8. The molecule has 4 N–H and O–H groups in total. The zero-order valence-electron chi connectivity index (χ0n) is 46.1. The molecule has 4 heterocycles. The van der Waals surface area contributed by atoms with Gasteiger partial charge in [-0.05, 0) is 131 Å². The van der Waals surface area contributed by atoms with Crippen LogP contribution in [0.3, 0.4) is 0 Å². The SMILES string of the molecule is COCO[C@@H](CC/C=C/C=C\CC[C@H](C)O)CC(O)[C@@H](C)[C@@H]1CCC(C)[C@]2(O1)OC(C)(C)OC2C(=O)O[C@@H](C)CC/C=C\C=C\CC[C@@H](CC(O)[C@@H](C)[C@@H]1CC[C@@H](C)[C@]2(O1)OC(C)(C)OC2C(=O)O)OCOC. The summed E-state index contributed by atoms with van der Waals surface area (Å²) >= 11 is 0. The molecule has 0 saturated carbocycles. The van der Waals surface area contributed by atoms with Gasteiger partial charge in [-0.25, -0.2) is 9.59 Å². The zero-order valence-corrected chi connectivity index (χ0v) is 46.1. The first-order chi connectivity index (χ1) is 34.5. The van der Waals surface area contributed by atoms with Crippen molar-refractivity contribution >= 4 is 11.9 Å². The van der Waals surface area contributed by atoms with Gasteiger partial charge in [-0.1, -0.05) is 76.3 Å². The van der Waals surface area contributed by atoms with Crippen LogP contribution in [0.15, 0.2) is 48.6 Å². The highest BCUT2D eigenvalue weighted by Gasteiger charge is 2.65. The second kappa shape index (κ2) is 29.8. The topological polar surface area (TPSA) is 217 Å². The summed E-state index contributed by atoms with van der Waals surface area (Å²) in [6.45, 7) is 18.5. The smallest absolute Gasteiger partial charge is 0.341 e. The second-order valence-corrected chi connectivity index (χ2v) is 21.9. The summed E-state index contributed by atoms with van der Waals surface area (Å²) in [5.41, 5.74) is 0. The van der Waals surface area contributed by atoms with Gasteiger partial charge < -0.3 is 72.5 Å². The molecule has 73 heavy (non-hydrogen) atoms. The van der Waals surface area contributed by atoms with E-state index >= 15 is 0 Å². The third-order valence-electron chi connectivity index (χ3n) is 14.7. The van der Waals surface area contributed by atoms with Crippen LogP contribution in [0.1, 0.15) is 159 Å². The molecule has 5 unspecified atom stereocenters. The lowest BCUT2D eigenvalue weighted by Gasteiger charge is -2.46. The summed E-state index contributed by atoms with van der Waals surface area (Å²) in [5, 5.41) is 42.5. The highest BCUT2D eigenvalue weighted by Crippen LogP contribution is 2.50. The van der Waals surface area contributed by atoms with Crippen LogP contribution in [-0.2, 0) is 61.7 Å². The minimum Gasteiger partial charge on any atom is -0.479 e. The Labute approximate surface area is 436 Å². The number of aliphatic carboxylic acids is 1. The number of methoxy groups -OCH3 is 2. The Morgan fingerprint density at radius 3 is 1.40 bits per heavy atom. The first kappa shape index (κ1) is 62.9. The molecule has 4 aliphatic rings. The number of ether oxygens (including phenoxy) is 11. The largest absolute Gasteiger partial charge is 0.479 e. The Kier molecular flexibility index (Phi) is 25.7. The predicted molar refractivity (Wildman–Crippen MR) is 274 cm³/mol. The van der Waals surface area contributed by atoms with Crippen LogP contribution in [0, 0.1) is 23.7 Å². The summed E-state index contributed by atoms with van der Waals surface area (Å²) in [6, 6.07) is 0. The van der Waals surface area contributed by atoms with Gasteiger partial charge >= 0.3 is 11.9 Å². The predicted octanol–water partition coefficient (Wildman–Crippen LogP) is 8.81. The molecule has 17 nitrogen and oxygen atoms in total. The van der Waals surface area contributed by atoms with Crippen LogP contribution >= 0.6 is 0 Å². The van der Waals surface area contributed by atoms with E-state index in [2.05, 4.69) is 6.08 Å². The van der Waals surface area contributed by atoms with Gasteiger partial charge in [0.25, 0.3) is 0 Å². The van der Waals surface area contributed by atoms with Gasteiger partial charge in [-0.3, -0.25) is 0 Å². The monoisotopic (exact) mass is 1040 g/mol. The van der Waals surface area contributed by atoms with Gasteiger partial charge in [0.2, 0.25) is 23.8 Å². The van der Waals surface area contributed by atoms with Crippen LogP contribution in [0.4, 0.5) is 0 Å². The highest BCUT2D eigenvalue weighted by atomic mass is 16.9. The van der Waals surface area contributed by atoms with E-state index in [0.717, 1.165) is 19.3 Å². The van der Waals surface area contributed by atoms with Crippen molar-refractivity contribution in [3.05, 3.63) is 48.6 Å². The Hall–Kier alpha value is -2.62. The molecule has 2 spiro atoms. The van der Waals surface area contributed by atoms with Crippen molar-refractivity contribution in [2.45, 2.75) is 243 Å². The molecule has 4 saturated heterocycles. The first-order valence-corrected chi connectivity index (χ1v) is 26.9. The van der Waals surface area contributed by atoms with Crippen molar-refractivity contribution in [2.24, 2.45) is 23.7 Å². The normalized spacial score (nSPS) is 31.7. The van der Waals surface area contributed by atoms with Crippen LogP contribution in [0.25, 0.3) is 0 Å². The van der Waals surface area contributed by atoms with E-state index in [4.69, 9.17) is 52.1 Å². The number of esters is 1. The summed E-state index contributed by atoms with van der Waals surface area (Å²) < 4.78 is 66.3.